The quantitative estimate of drug-likeness (QED) is 0.367. The van der Waals surface area contributed by atoms with E-state index in [1.165, 1.54) is 12.6 Å². The number of anilines is 3. The number of carbonyl (C=O) groups is 1. The Bertz CT molecular complexity index is 1430. The van der Waals surface area contributed by atoms with Crippen molar-refractivity contribution in [3.05, 3.63) is 48.3 Å². The van der Waals surface area contributed by atoms with E-state index < -0.39 is 0 Å². The molecule has 1 saturated heterocycles. The van der Waals surface area contributed by atoms with E-state index >= 15 is 0 Å². The number of carbonyl (C=O) groups excluding carboxylic acids is 1. The van der Waals surface area contributed by atoms with Crippen LogP contribution >= 0.6 is 0 Å². The monoisotopic (exact) mass is 503 g/mol. The topological polar surface area (TPSA) is 108 Å². The summed E-state index contributed by atoms with van der Waals surface area (Å²) in [5.41, 5.74) is 2.89. The van der Waals surface area contributed by atoms with Crippen LogP contribution in [0.4, 0.5) is 17.6 Å². The van der Waals surface area contributed by atoms with Crippen molar-refractivity contribution in [2.45, 2.75) is 52.0 Å². The van der Waals surface area contributed by atoms with Gasteiger partial charge >= 0.3 is 0 Å². The van der Waals surface area contributed by atoms with E-state index in [9.17, 15) is 4.79 Å². The van der Waals surface area contributed by atoms with Crippen molar-refractivity contribution in [1.82, 2.24) is 24.3 Å². The Balaban J connectivity index is 1.40. The van der Waals surface area contributed by atoms with Crippen molar-refractivity contribution in [3.63, 3.8) is 0 Å². The second-order valence-corrected chi connectivity index (χ2v) is 10.4. The molecule has 2 N–H and O–H groups in total. The van der Waals surface area contributed by atoms with Gasteiger partial charge in [-0.05, 0) is 31.0 Å². The van der Waals surface area contributed by atoms with Gasteiger partial charge in [0.1, 0.15) is 17.3 Å². The Morgan fingerprint density at radius 3 is 2.57 bits per heavy atom. The molecule has 37 heavy (non-hydrogen) atoms. The number of ether oxygens (including phenoxy) is 2. The summed E-state index contributed by atoms with van der Waals surface area (Å²) in [7, 11) is 1.96. The zero-order valence-electron chi connectivity index (χ0n) is 21.9. The van der Waals surface area contributed by atoms with Crippen molar-refractivity contribution in [1.29, 1.82) is 0 Å². The molecule has 0 saturated carbocycles. The number of pyridine rings is 1. The fraction of sp³-hybridized carbons (Fsp3) is 0.407. The van der Waals surface area contributed by atoms with Crippen LogP contribution in [0, 0.1) is 0 Å². The highest BCUT2D eigenvalue weighted by Crippen LogP contribution is 2.33. The zero-order valence-corrected chi connectivity index (χ0v) is 21.9. The van der Waals surface area contributed by atoms with Crippen LogP contribution < -0.4 is 15.4 Å². The summed E-state index contributed by atoms with van der Waals surface area (Å²) < 4.78 is 15.8. The lowest BCUT2D eigenvalue weighted by Crippen LogP contribution is -2.26. The second-order valence-electron chi connectivity index (χ2n) is 10.4. The summed E-state index contributed by atoms with van der Waals surface area (Å²) in [6.07, 6.45) is 3.52. The number of aryl methyl sites for hydroxylation is 1. The number of benzene rings is 1. The maximum absolute atomic E-state index is 11.3. The molecule has 10 nitrogen and oxygen atoms in total. The lowest BCUT2D eigenvalue weighted by molar-refractivity contribution is -0.114. The van der Waals surface area contributed by atoms with Crippen LogP contribution in [0.2, 0.25) is 0 Å². The highest BCUT2D eigenvalue weighted by atomic mass is 16.5. The van der Waals surface area contributed by atoms with Crippen LogP contribution in [0.1, 0.15) is 52.3 Å². The van der Waals surface area contributed by atoms with Crippen LogP contribution in [0.3, 0.4) is 0 Å². The van der Waals surface area contributed by atoms with Gasteiger partial charge in [0.25, 0.3) is 0 Å². The van der Waals surface area contributed by atoms with Gasteiger partial charge in [-0.25, -0.2) is 9.97 Å². The summed E-state index contributed by atoms with van der Waals surface area (Å²) in [4.78, 5) is 20.2. The fourth-order valence-electron chi connectivity index (χ4n) is 4.54. The molecule has 1 fully saturated rings. The molecule has 3 aromatic heterocycles. The van der Waals surface area contributed by atoms with Crippen LogP contribution in [0.5, 0.6) is 11.5 Å². The molecule has 1 aliphatic rings. The lowest BCUT2D eigenvalue weighted by Gasteiger charge is -2.28. The number of fused-ring (bicyclic) bond motifs is 1. The van der Waals surface area contributed by atoms with Gasteiger partial charge in [0.15, 0.2) is 5.82 Å². The minimum atomic E-state index is -0.187. The number of amides is 1. The standard InChI is InChI=1S/C27H33N7O3/c1-17(35)29-24-15-20(8-11-28-24)37-19-6-7-21-22(14-19)33(5)26(30-21)31-25-16-23(27(2,3)4)34(32-25)18-9-12-36-13-10-18/h6-8,11,14-16,18H,9-10,12-13H2,1-5H3,(H,28,29,35)(H,30,31,32). The minimum absolute atomic E-state index is 0.0451. The molecule has 10 heteroatoms. The molecule has 0 radical (unpaired) electrons. The lowest BCUT2D eigenvalue weighted by atomic mass is 9.91. The Morgan fingerprint density at radius 1 is 1.08 bits per heavy atom. The van der Waals surface area contributed by atoms with Gasteiger partial charge in [-0.15, -0.1) is 0 Å². The third-order valence-corrected chi connectivity index (χ3v) is 6.40. The van der Waals surface area contributed by atoms with Crippen LogP contribution in [0.25, 0.3) is 11.0 Å². The van der Waals surface area contributed by atoms with Gasteiger partial charge in [-0.3, -0.25) is 9.48 Å². The maximum atomic E-state index is 11.3. The number of nitrogens with zero attached hydrogens (tertiary/aromatic N) is 5. The SMILES string of the molecule is CC(=O)Nc1cc(Oc2ccc3nc(Nc4cc(C(C)(C)C)n(C5CCOCC5)n4)n(C)c3c2)ccn1. The normalized spacial score (nSPS) is 14.6. The molecule has 1 aliphatic heterocycles. The Hall–Kier alpha value is -3.92. The van der Waals surface area contributed by atoms with E-state index in [1.807, 2.05) is 29.8 Å². The summed E-state index contributed by atoms with van der Waals surface area (Å²) in [5, 5.41) is 11.0. The van der Waals surface area contributed by atoms with E-state index in [0.717, 1.165) is 42.9 Å². The number of nitrogens with one attached hydrogen (secondary N) is 2. The van der Waals surface area contributed by atoms with E-state index in [4.69, 9.17) is 19.6 Å². The van der Waals surface area contributed by atoms with Crippen LogP contribution in [-0.4, -0.2) is 43.4 Å². The molecule has 4 heterocycles. The predicted octanol–water partition coefficient (Wildman–Crippen LogP) is 5.31. The molecule has 0 aliphatic carbocycles. The molecular weight excluding hydrogens is 470 g/mol. The maximum Gasteiger partial charge on any atom is 0.222 e. The van der Waals surface area contributed by atoms with Gasteiger partial charge in [0, 0.05) is 62.7 Å². The van der Waals surface area contributed by atoms with Gasteiger partial charge in [-0.2, -0.15) is 5.10 Å². The average molecular weight is 504 g/mol. The van der Waals surface area contributed by atoms with Gasteiger partial charge < -0.3 is 24.7 Å². The molecule has 1 aromatic carbocycles. The Kier molecular flexibility index (Phi) is 6.59. The van der Waals surface area contributed by atoms with Crippen molar-refractivity contribution in [3.8, 4) is 11.5 Å². The van der Waals surface area contributed by atoms with E-state index in [1.54, 1.807) is 18.3 Å². The number of imidazole rings is 1. The third-order valence-electron chi connectivity index (χ3n) is 6.40. The molecule has 0 unspecified atom stereocenters. The van der Waals surface area contributed by atoms with Gasteiger partial charge in [0.05, 0.1) is 17.1 Å². The molecule has 1 amide bonds. The van der Waals surface area contributed by atoms with Gasteiger partial charge in [0.2, 0.25) is 11.9 Å². The van der Waals surface area contributed by atoms with Crippen LogP contribution in [-0.2, 0) is 22.0 Å². The number of hydrogen-bond donors (Lipinski definition) is 2. The zero-order chi connectivity index (χ0) is 26.2. The first-order valence-corrected chi connectivity index (χ1v) is 12.5. The number of rotatable bonds is 6. The molecule has 5 rings (SSSR count). The molecule has 0 atom stereocenters. The van der Waals surface area contributed by atoms with Crippen molar-refractivity contribution in [2.75, 3.05) is 23.8 Å². The molecule has 0 bridgehead atoms. The van der Waals surface area contributed by atoms with E-state index in [-0.39, 0.29) is 11.3 Å². The van der Waals surface area contributed by atoms with E-state index in [0.29, 0.717) is 29.3 Å². The van der Waals surface area contributed by atoms with E-state index in [2.05, 4.69) is 47.1 Å². The van der Waals surface area contributed by atoms with Crippen LogP contribution in [0.15, 0.2) is 42.6 Å². The number of aromatic nitrogens is 5. The average Bonchev–Trinajstić information content (AvgIpc) is 3.41. The van der Waals surface area contributed by atoms with Gasteiger partial charge in [-0.1, -0.05) is 20.8 Å². The smallest absolute Gasteiger partial charge is 0.222 e. The molecule has 4 aromatic rings. The third kappa shape index (κ3) is 5.43. The minimum Gasteiger partial charge on any atom is -0.457 e. The molecular formula is C27H33N7O3. The summed E-state index contributed by atoms with van der Waals surface area (Å²) in [6.45, 7) is 9.60. The molecule has 194 valence electrons. The first kappa shape index (κ1) is 24.8. The summed E-state index contributed by atoms with van der Waals surface area (Å²) in [5.74, 6) is 2.95. The second kappa shape index (κ2) is 9.85. The molecule has 0 spiro atoms. The first-order chi connectivity index (χ1) is 17.7. The first-order valence-electron chi connectivity index (χ1n) is 12.5. The largest absolute Gasteiger partial charge is 0.457 e. The fourth-order valence-corrected chi connectivity index (χ4v) is 4.54. The Labute approximate surface area is 216 Å². The van der Waals surface area contributed by atoms with Crippen molar-refractivity contribution in [2.24, 2.45) is 7.05 Å². The highest BCUT2D eigenvalue weighted by molar-refractivity contribution is 5.87. The Morgan fingerprint density at radius 2 is 1.84 bits per heavy atom. The predicted molar refractivity (Wildman–Crippen MR) is 143 cm³/mol. The van der Waals surface area contributed by atoms with Crippen molar-refractivity contribution >= 4 is 34.5 Å². The number of hydrogen-bond acceptors (Lipinski definition) is 7. The highest BCUT2D eigenvalue weighted by Gasteiger charge is 2.27. The van der Waals surface area contributed by atoms with Crippen molar-refractivity contribution < 1.29 is 14.3 Å². The summed E-state index contributed by atoms with van der Waals surface area (Å²) in [6, 6.07) is 11.6. The summed E-state index contributed by atoms with van der Waals surface area (Å²) >= 11 is 0.